The first kappa shape index (κ1) is 17.9. The monoisotopic (exact) mass is 416 g/mol. The molecule has 1 rings (SSSR count). The van der Waals surface area contributed by atoms with Crippen molar-refractivity contribution in [2.75, 3.05) is 12.4 Å². The molecule has 0 radical (unpaired) electrons. The normalized spacial score (nSPS) is 12.5. The number of rotatable bonds is 5. The Kier molecular flexibility index (Phi) is 6.00. The molecule has 0 spiro atoms. The topological polar surface area (TPSA) is 43.4 Å². The summed E-state index contributed by atoms with van der Waals surface area (Å²) in [6.45, 7) is -0.324. The fourth-order valence-electron chi connectivity index (χ4n) is 1.12. The molecule has 1 aromatic carbocycles. The first-order valence-electron chi connectivity index (χ1n) is 4.78. The van der Waals surface area contributed by atoms with Gasteiger partial charge in [0.1, 0.15) is 16.5 Å². The van der Waals surface area contributed by atoms with Crippen LogP contribution in [0.4, 0.5) is 17.6 Å². The molecule has 0 saturated carbocycles. The number of hydrogen-bond acceptors (Lipinski definition) is 4. The van der Waals surface area contributed by atoms with Crippen molar-refractivity contribution in [1.29, 1.82) is 0 Å². The van der Waals surface area contributed by atoms with Gasteiger partial charge < -0.3 is 4.74 Å². The molecule has 0 atom stereocenters. The minimum Gasteiger partial charge on any atom is -0.491 e. The van der Waals surface area contributed by atoms with Crippen LogP contribution in [0.3, 0.4) is 0 Å². The summed E-state index contributed by atoms with van der Waals surface area (Å²) in [6, 6.07) is 1.61. The molecule has 0 aromatic heterocycles. The summed E-state index contributed by atoms with van der Waals surface area (Å²) in [5.74, 6) is -1.65. The fourth-order valence-corrected chi connectivity index (χ4v) is 3.03. The molecule has 1 aromatic rings. The van der Waals surface area contributed by atoms with Crippen molar-refractivity contribution >= 4 is 47.4 Å². The van der Waals surface area contributed by atoms with Crippen molar-refractivity contribution in [3.63, 3.8) is 0 Å². The van der Waals surface area contributed by atoms with E-state index in [9.17, 15) is 26.0 Å². The quantitative estimate of drug-likeness (QED) is 0.410. The van der Waals surface area contributed by atoms with Gasteiger partial charge in [-0.3, -0.25) is 0 Å². The van der Waals surface area contributed by atoms with Crippen LogP contribution in [-0.4, -0.2) is 26.3 Å². The largest absolute Gasteiger partial charge is 0.491 e. The number of benzene rings is 1. The maximum Gasteiger partial charge on any atom is 0.441 e. The van der Waals surface area contributed by atoms with E-state index in [-0.39, 0.29) is 34.3 Å². The highest BCUT2D eigenvalue weighted by Gasteiger charge is 2.27. The molecule has 114 valence electrons. The summed E-state index contributed by atoms with van der Waals surface area (Å²) in [5.41, 5.74) is -4.37. The van der Waals surface area contributed by atoms with Crippen LogP contribution in [0.2, 0.25) is 0 Å². The standard InChI is InChI=1S/C9H6BrClF4O3S2/c10-5-3-8(20(11,16)17)6(12)4-7(5)18-1-2-19-9(13,14)15/h3-4H,1-2H2. The summed E-state index contributed by atoms with van der Waals surface area (Å²) in [7, 11) is 0.749. The van der Waals surface area contributed by atoms with E-state index in [1.54, 1.807) is 0 Å². The zero-order valence-electron chi connectivity index (χ0n) is 9.38. The molecule has 0 aliphatic carbocycles. The first-order chi connectivity index (χ1) is 9.00. The lowest BCUT2D eigenvalue weighted by Gasteiger charge is -2.10. The third-order valence-corrected chi connectivity index (χ3v) is 4.51. The van der Waals surface area contributed by atoms with E-state index in [4.69, 9.17) is 15.4 Å². The predicted molar refractivity (Wildman–Crippen MR) is 71.1 cm³/mol. The number of halogens is 6. The zero-order chi connectivity index (χ0) is 15.6. The summed E-state index contributed by atoms with van der Waals surface area (Å²) in [6.07, 6.45) is 0. The van der Waals surface area contributed by atoms with Gasteiger partial charge in [-0.15, -0.1) is 0 Å². The molecule has 0 aliphatic heterocycles. The van der Waals surface area contributed by atoms with Crippen molar-refractivity contribution in [3.8, 4) is 5.75 Å². The molecule has 0 N–H and O–H groups in total. The van der Waals surface area contributed by atoms with E-state index in [2.05, 4.69) is 15.9 Å². The van der Waals surface area contributed by atoms with Gasteiger partial charge >= 0.3 is 5.51 Å². The van der Waals surface area contributed by atoms with Crippen molar-refractivity contribution in [1.82, 2.24) is 0 Å². The number of hydrogen-bond donors (Lipinski definition) is 0. The second-order valence-electron chi connectivity index (χ2n) is 3.29. The van der Waals surface area contributed by atoms with Crippen LogP contribution in [0, 0.1) is 5.82 Å². The van der Waals surface area contributed by atoms with Crippen LogP contribution in [0.5, 0.6) is 5.75 Å². The van der Waals surface area contributed by atoms with Crippen molar-refractivity contribution < 1.29 is 30.7 Å². The smallest absolute Gasteiger partial charge is 0.441 e. The molecule has 0 heterocycles. The molecule has 3 nitrogen and oxygen atoms in total. The average molecular weight is 418 g/mol. The van der Waals surface area contributed by atoms with Crippen molar-refractivity contribution in [2.45, 2.75) is 10.4 Å². The molecular weight excluding hydrogens is 412 g/mol. The summed E-state index contributed by atoms with van der Waals surface area (Å²) in [4.78, 5) is -0.747. The van der Waals surface area contributed by atoms with Crippen LogP contribution < -0.4 is 4.74 Å². The van der Waals surface area contributed by atoms with Gasteiger partial charge in [-0.25, -0.2) is 12.8 Å². The third-order valence-electron chi connectivity index (χ3n) is 1.86. The minimum absolute atomic E-state index is 0.0649. The third kappa shape index (κ3) is 5.66. The Hall–Kier alpha value is -0.190. The fraction of sp³-hybridized carbons (Fsp3) is 0.333. The van der Waals surface area contributed by atoms with Crippen LogP contribution >= 0.6 is 38.4 Å². The van der Waals surface area contributed by atoms with Crippen molar-refractivity contribution in [3.05, 3.63) is 22.4 Å². The van der Waals surface area contributed by atoms with E-state index in [1.807, 2.05) is 0 Å². The zero-order valence-corrected chi connectivity index (χ0v) is 13.4. The van der Waals surface area contributed by atoms with E-state index in [0.717, 1.165) is 12.1 Å². The molecule has 20 heavy (non-hydrogen) atoms. The van der Waals surface area contributed by atoms with Crippen molar-refractivity contribution in [2.24, 2.45) is 0 Å². The number of ether oxygens (including phenoxy) is 1. The average Bonchev–Trinajstić information content (AvgIpc) is 2.25. The van der Waals surface area contributed by atoms with E-state index < -0.39 is 25.3 Å². The molecule has 0 aliphatic rings. The van der Waals surface area contributed by atoms with Gasteiger partial charge in [0.25, 0.3) is 9.05 Å². The Morgan fingerprint density at radius 2 is 1.95 bits per heavy atom. The van der Waals surface area contributed by atoms with E-state index in [1.165, 1.54) is 0 Å². The molecule has 0 amide bonds. The minimum atomic E-state index is -4.37. The van der Waals surface area contributed by atoms with Gasteiger partial charge in [0.15, 0.2) is 0 Å². The van der Waals surface area contributed by atoms with Gasteiger partial charge in [-0.1, -0.05) is 0 Å². The summed E-state index contributed by atoms with van der Waals surface area (Å²) >= 11 is 2.64. The van der Waals surface area contributed by atoms with Crippen LogP contribution in [0.1, 0.15) is 0 Å². The molecular formula is C9H6BrClF4O3S2. The van der Waals surface area contributed by atoms with Gasteiger partial charge in [0, 0.05) is 22.5 Å². The van der Waals surface area contributed by atoms with Crippen LogP contribution in [-0.2, 0) is 9.05 Å². The second kappa shape index (κ2) is 6.71. The highest BCUT2D eigenvalue weighted by molar-refractivity contribution is 9.10. The predicted octanol–water partition coefficient (Wildman–Crippen LogP) is 4.15. The Morgan fingerprint density at radius 3 is 2.45 bits per heavy atom. The molecule has 0 bridgehead atoms. The van der Waals surface area contributed by atoms with Crippen LogP contribution in [0.25, 0.3) is 0 Å². The van der Waals surface area contributed by atoms with Gasteiger partial charge in [0.05, 0.1) is 11.1 Å². The molecule has 0 saturated heterocycles. The second-order valence-corrected chi connectivity index (χ2v) is 7.84. The Morgan fingerprint density at radius 1 is 1.35 bits per heavy atom. The summed E-state index contributed by atoms with van der Waals surface area (Å²) in [5, 5.41) is 0. The molecule has 0 unspecified atom stereocenters. The number of alkyl halides is 3. The lowest BCUT2D eigenvalue weighted by Crippen LogP contribution is -2.08. The first-order valence-corrected chi connectivity index (χ1v) is 8.86. The maximum atomic E-state index is 13.5. The lowest BCUT2D eigenvalue weighted by molar-refractivity contribution is -0.0329. The SMILES string of the molecule is O=S(=O)(Cl)c1cc(Br)c(OCCSC(F)(F)F)cc1F. The lowest BCUT2D eigenvalue weighted by atomic mass is 10.3. The number of thioether (sulfide) groups is 1. The molecule has 11 heteroatoms. The van der Waals surface area contributed by atoms with Gasteiger partial charge in [-0.05, 0) is 33.8 Å². The Bertz CT molecular complexity index is 592. The van der Waals surface area contributed by atoms with E-state index in [0.29, 0.717) is 0 Å². The van der Waals surface area contributed by atoms with Gasteiger partial charge in [0.2, 0.25) is 0 Å². The summed E-state index contributed by atoms with van der Waals surface area (Å²) < 4.78 is 76.1. The Balaban J connectivity index is 2.76. The van der Waals surface area contributed by atoms with Crippen LogP contribution in [0.15, 0.2) is 21.5 Å². The molecule has 0 fully saturated rings. The van der Waals surface area contributed by atoms with Gasteiger partial charge in [-0.2, -0.15) is 13.2 Å². The highest BCUT2D eigenvalue weighted by Crippen LogP contribution is 2.33. The Labute approximate surface area is 129 Å². The van der Waals surface area contributed by atoms with E-state index >= 15 is 0 Å². The highest BCUT2D eigenvalue weighted by atomic mass is 79.9. The maximum absolute atomic E-state index is 13.5.